The van der Waals surface area contributed by atoms with Crippen molar-refractivity contribution in [3.05, 3.63) is 59.4 Å². The van der Waals surface area contributed by atoms with Crippen LogP contribution in [0.4, 0.5) is 5.69 Å². The fraction of sp³-hybridized carbons (Fsp3) is 0.227. The Morgan fingerprint density at radius 1 is 1.03 bits per heavy atom. The van der Waals surface area contributed by atoms with Gasteiger partial charge in [0.1, 0.15) is 5.75 Å². The average Bonchev–Trinajstić information content (AvgIpc) is 3.22. The lowest BCUT2D eigenvalue weighted by Crippen LogP contribution is -2.35. The normalized spacial score (nSPS) is 10.3. The Bertz CT molecular complexity index is 1120. The smallest absolute Gasteiger partial charge is 0.338 e. The lowest BCUT2D eigenvalue weighted by Gasteiger charge is -2.11. The Labute approximate surface area is 183 Å². The van der Waals surface area contributed by atoms with Crippen LogP contribution in [-0.4, -0.2) is 48.2 Å². The largest absolute Gasteiger partial charge is 0.495 e. The molecule has 0 saturated heterocycles. The third kappa shape index (κ3) is 5.91. The summed E-state index contributed by atoms with van der Waals surface area (Å²) < 4.78 is 15.2. The van der Waals surface area contributed by atoms with Gasteiger partial charge in [-0.2, -0.15) is 4.98 Å². The molecule has 1 aromatic heterocycles. The van der Waals surface area contributed by atoms with Gasteiger partial charge in [0.25, 0.3) is 11.8 Å². The molecule has 2 N–H and O–H groups in total. The third-order valence-electron chi connectivity index (χ3n) is 4.30. The molecule has 2 amide bonds. The second kappa shape index (κ2) is 10.2. The van der Waals surface area contributed by atoms with E-state index in [0.717, 1.165) is 5.56 Å². The second-order valence-electron chi connectivity index (χ2n) is 6.83. The van der Waals surface area contributed by atoms with Crippen LogP contribution in [0, 0.1) is 13.8 Å². The molecule has 32 heavy (non-hydrogen) atoms. The SMILES string of the molecule is COc1ccc(C)cc1NC(=O)CNC(=O)COC(=O)c1ccc(-c2nc(C)no2)cc1. The molecule has 2 aromatic carbocycles. The minimum Gasteiger partial charge on any atom is -0.495 e. The van der Waals surface area contributed by atoms with Crippen LogP contribution in [0.25, 0.3) is 11.5 Å². The number of aromatic nitrogens is 2. The first-order valence-corrected chi connectivity index (χ1v) is 9.65. The molecule has 0 aliphatic carbocycles. The van der Waals surface area contributed by atoms with Crippen molar-refractivity contribution in [1.82, 2.24) is 15.5 Å². The van der Waals surface area contributed by atoms with Crippen molar-refractivity contribution >= 4 is 23.5 Å². The first-order chi connectivity index (χ1) is 15.4. The van der Waals surface area contributed by atoms with Gasteiger partial charge >= 0.3 is 5.97 Å². The zero-order valence-corrected chi connectivity index (χ0v) is 17.8. The fourth-order valence-corrected chi connectivity index (χ4v) is 2.72. The van der Waals surface area contributed by atoms with E-state index in [1.807, 2.05) is 13.0 Å². The molecule has 0 saturated carbocycles. The number of nitrogens with zero attached hydrogens (tertiary/aromatic N) is 2. The number of ether oxygens (including phenoxy) is 2. The average molecular weight is 438 g/mol. The molecular weight excluding hydrogens is 416 g/mol. The van der Waals surface area contributed by atoms with Gasteiger partial charge in [-0.15, -0.1) is 0 Å². The number of hydrogen-bond acceptors (Lipinski definition) is 8. The molecule has 10 nitrogen and oxygen atoms in total. The highest BCUT2D eigenvalue weighted by Crippen LogP contribution is 2.25. The predicted octanol–water partition coefficient (Wildman–Crippen LogP) is 2.27. The minimum atomic E-state index is -0.678. The number of anilines is 1. The Morgan fingerprint density at radius 3 is 2.44 bits per heavy atom. The highest BCUT2D eigenvalue weighted by Gasteiger charge is 2.14. The van der Waals surface area contributed by atoms with Crippen LogP contribution < -0.4 is 15.4 Å². The summed E-state index contributed by atoms with van der Waals surface area (Å²) in [5.74, 6) is -0.389. The Balaban J connectivity index is 1.45. The standard InChI is InChI=1S/C22H22N4O6/c1-13-4-9-18(30-3)17(10-13)25-19(27)11-23-20(28)12-31-22(29)16-7-5-15(6-8-16)21-24-14(2)26-32-21/h4-10H,11-12H2,1-3H3,(H,23,28)(H,25,27). The number of nitrogens with one attached hydrogen (secondary N) is 2. The molecule has 0 radical (unpaired) electrons. The van der Waals surface area contributed by atoms with E-state index in [1.165, 1.54) is 19.2 Å². The van der Waals surface area contributed by atoms with Crippen LogP contribution in [0.1, 0.15) is 21.7 Å². The van der Waals surface area contributed by atoms with E-state index in [2.05, 4.69) is 20.8 Å². The predicted molar refractivity (Wildman–Crippen MR) is 114 cm³/mol. The summed E-state index contributed by atoms with van der Waals surface area (Å²) in [6.45, 7) is 2.77. The van der Waals surface area contributed by atoms with Gasteiger partial charge in [-0.3, -0.25) is 9.59 Å². The third-order valence-corrected chi connectivity index (χ3v) is 4.30. The monoisotopic (exact) mass is 438 g/mol. The van der Waals surface area contributed by atoms with Crippen molar-refractivity contribution in [1.29, 1.82) is 0 Å². The number of carbonyl (C=O) groups is 3. The van der Waals surface area contributed by atoms with E-state index >= 15 is 0 Å². The van der Waals surface area contributed by atoms with E-state index in [0.29, 0.717) is 28.7 Å². The van der Waals surface area contributed by atoms with Crippen molar-refractivity contribution in [2.75, 3.05) is 25.6 Å². The number of esters is 1. The van der Waals surface area contributed by atoms with Crippen molar-refractivity contribution < 1.29 is 28.4 Å². The van der Waals surface area contributed by atoms with Crippen LogP contribution in [0.15, 0.2) is 47.0 Å². The van der Waals surface area contributed by atoms with Gasteiger partial charge in [0.2, 0.25) is 5.91 Å². The Kier molecular flexibility index (Phi) is 7.17. The van der Waals surface area contributed by atoms with Crippen LogP contribution >= 0.6 is 0 Å². The van der Waals surface area contributed by atoms with Crippen LogP contribution in [0.2, 0.25) is 0 Å². The zero-order chi connectivity index (χ0) is 23.1. The molecular formula is C22H22N4O6. The number of hydrogen-bond donors (Lipinski definition) is 2. The molecule has 0 aliphatic heterocycles. The first kappa shape index (κ1) is 22.5. The first-order valence-electron chi connectivity index (χ1n) is 9.65. The maximum absolute atomic E-state index is 12.1. The Morgan fingerprint density at radius 2 is 1.78 bits per heavy atom. The molecule has 1 heterocycles. The quantitative estimate of drug-likeness (QED) is 0.512. The summed E-state index contributed by atoms with van der Waals surface area (Å²) >= 11 is 0. The van der Waals surface area contributed by atoms with Crippen LogP contribution in [0.5, 0.6) is 5.75 Å². The van der Waals surface area contributed by atoms with Crippen molar-refractivity contribution in [2.24, 2.45) is 0 Å². The Hall–Kier alpha value is -4.21. The van der Waals surface area contributed by atoms with E-state index in [1.54, 1.807) is 31.2 Å². The second-order valence-corrected chi connectivity index (χ2v) is 6.83. The van der Waals surface area contributed by atoms with Crippen LogP contribution in [0.3, 0.4) is 0 Å². The van der Waals surface area contributed by atoms with Gasteiger partial charge in [-0.25, -0.2) is 4.79 Å². The van der Waals surface area contributed by atoms with Gasteiger partial charge in [0, 0.05) is 5.56 Å². The van der Waals surface area contributed by atoms with Crippen molar-refractivity contribution in [3.63, 3.8) is 0 Å². The molecule has 3 aromatic rings. The highest BCUT2D eigenvalue weighted by molar-refractivity contribution is 5.96. The van der Waals surface area contributed by atoms with E-state index < -0.39 is 24.4 Å². The van der Waals surface area contributed by atoms with Gasteiger partial charge in [0.15, 0.2) is 12.4 Å². The number of carbonyl (C=O) groups excluding carboxylic acids is 3. The minimum absolute atomic E-state index is 0.252. The van der Waals surface area contributed by atoms with Gasteiger partial charge in [0.05, 0.1) is 24.9 Å². The maximum atomic E-state index is 12.1. The van der Waals surface area contributed by atoms with Gasteiger partial charge < -0.3 is 24.6 Å². The van der Waals surface area contributed by atoms with Gasteiger partial charge in [-0.1, -0.05) is 11.2 Å². The molecule has 0 bridgehead atoms. The van der Waals surface area contributed by atoms with E-state index in [-0.39, 0.29) is 12.1 Å². The van der Waals surface area contributed by atoms with Gasteiger partial charge in [-0.05, 0) is 55.8 Å². The summed E-state index contributed by atoms with van der Waals surface area (Å²) in [4.78, 5) is 40.3. The molecule has 10 heteroatoms. The van der Waals surface area contributed by atoms with Crippen molar-refractivity contribution in [3.8, 4) is 17.2 Å². The van der Waals surface area contributed by atoms with E-state index in [4.69, 9.17) is 14.0 Å². The molecule has 166 valence electrons. The summed E-state index contributed by atoms with van der Waals surface area (Å²) in [7, 11) is 1.50. The molecule has 0 atom stereocenters. The molecule has 0 aliphatic rings. The summed E-state index contributed by atoms with van der Waals surface area (Å²) in [5.41, 5.74) is 2.34. The molecule has 3 rings (SSSR count). The number of aryl methyl sites for hydroxylation is 2. The lowest BCUT2D eigenvalue weighted by molar-refractivity contribution is -0.126. The maximum Gasteiger partial charge on any atom is 0.338 e. The highest BCUT2D eigenvalue weighted by atomic mass is 16.5. The van der Waals surface area contributed by atoms with Crippen molar-refractivity contribution in [2.45, 2.75) is 13.8 Å². The number of methoxy groups -OCH3 is 1. The van der Waals surface area contributed by atoms with E-state index in [9.17, 15) is 14.4 Å². The summed E-state index contributed by atoms with van der Waals surface area (Å²) in [6.07, 6.45) is 0. The van der Waals surface area contributed by atoms with Crippen LogP contribution in [-0.2, 0) is 14.3 Å². The summed E-state index contributed by atoms with van der Waals surface area (Å²) in [5, 5.41) is 8.77. The zero-order valence-electron chi connectivity index (χ0n) is 17.8. The molecule has 0 spiro atoms. The number of rotatable bonds is 8. The number of amides is 2. The molecule has 0 fully saturated rings. The lowest BCUT2D eigenvalue weighted by atomic mass is 10.1. The molecule has 0 unspecified atom stereocenters. The number of benzene rings is 2. The summed E-state index contributed by atoms with van der Waals surface area (Å²) in [6, 6.07) is 11.7. The fourth-order valence-electron chi connectivity index (χ4n) is 2.72. The topological polar surface area (TPSA) is 133 Å².